The lowest BCUT2D eigenvalue weighted by Crippen LogP contribution is -2.03. The van der Waals surface area contributed by atoms with Crippen LogP contribution in [0.1, 0.15) is 10.6 Å². The van der Waals surface area contributed by atoms with Crippen molar-refractivity contribution in [3.63, 3.8) is 0 Å². The van der Waals surface area contributed by atoms with Gasteiger partial charge < -0.3 is 14.4 Å². The zero-order valence-corrected chi connectivity index (χ0v) is 11.8. The van der Waals surface area contributed by atoms with Crippen LogP contribution in [0.2, 0.25) is 0 Å². The van der Waals surface area contributed by atoms with E-state index in [2.05, 4.69) is 20.1 Å². The second-order valence-corrected chi connectivity index (χ2v) is 4.46. The Kier molecular flexibility index (Phi) is 3.30. The van der Waals surface area contributed by atoms with Crippen molar-refractivity contribution in [3.05, 3.63) is 36.7 Å². The fourth-order valence-electron chi connectivity index (χ4n) is 1.90. The highest BCUT2D eigenvalue weighted by molar-refractivity contribution is 5.83. The van der Waals surface area contributed by atoms with Crippen LogP contribution in [0.4, 0.5) is 0 Å². The quantitative estimate of drug-likeness (QED) is 0.758. The molecule has 0 bridgehead atoms. The molecule has 0 aliphatic carbocycles. The maximum Gasteiger partial charge on any atom is 0.375 e. The highest BCUT2D eigenvalue weighted by Gasteiger charge is 2.19. The van der Waals surface area contributed by atoms with Gasteiger partial charge in [-0.25, -0.2) is 19.4 Å². The molecule has 112 valence electrons. The normalized spacial score (nSPS) is 10.6. The lowest BCUT2D eigenvalue weighted by molar-refractivity contribution is 0.0683. The number of carbonyl (C=O) groups is 1. The molecule has 0 spiro atoms. The molecule has 0 saturated carbocycles. The molecule has 9 nitrogen and oxygen atoms in total. The number of ether oxygens (including phenoxy) is 1. The molecular weight excluding hydrogens is 288 g/mol. The van der Waals surface area contributed by atoms with Crippen molar-refractivity contribution in [1.82, 2.24) is 29.3 Å². The van der Waals surface area contributed by atoms with Crippen molar-refractivity contribution in [2.24, 2.45) is 7.05 Å². The summed E-state index contributed by atoms with van der Waals surface area (Å²) >= 11 is 0. The first-order valence-corrected chi connectivity index (χ1v) is 6.27. The number of aromatic nitrogens is 6. The van der Waals surface area contributed by atoms with E-state index in [1.165, 1.54) is 18.0 Å². The van der Waals surface area contributed by atoms with E-state index < -0.39 is 5.97 Å². The number of carboxylic acid groups (broad SMARTS) is 1. The van der Waals surface area contributed by atoms with Crippen LogP contribution in [0, 0.1) is 0 Å². The monoisotopic (exact) mass is 300 g/mol. The number of pyridine rings is 1. The number of rotatable bonds is 4. The minimum absolute atomic E-state index is 0.309. The molecule has 0 amide bonds. The van der Waals surface area contributed by atoms with Gasteiger partial charge in [0.15, 0.2) is 5.82 Å². The summed E-state index contributed by atoms with van der Waals surface area (Å²) < 4.78 is 8.12. The number of hydrogen-bond acceptors (Lipinski definition) is 6. The molecule has 22 heavy (non-hydrogen) atoms. The Labute approximate surface area is 124 Å². The summed E-state index contributed by atoms with van der Waals surface area (Å²) in [7, 11) is 3.32. The predicted molar refractivity (Wildman–Crippen MR) is 74.9 cm³/mol. The van der Waals surface area contributed by atoms with Crippen LogP contribution in [0.5, 0.6) is 5.88 Å². The van der Waals surface area contributed by atoms with Gasteiger partial charge in [-0.05, 0) is 6.07 Å². The van der Waals surface area contributed by atoms with E-state index in [4.69, 9.17) is 9.84 Å². The van der Waals surface area contributed by atoms with E-state index in [1.54, 1.807) is 29.2 Å². The van der Waals surface area contributed by atoms with E-state index >= 15 is 0 Å². The van der Waals surface area contributed by atoms with Crippen molar-refractivity contribution >= 4 is 5.97 Å². The third kappa shape index (κ3) is 2.39. The zero-order chi connectivity index (χ0) is 15.7. The highest BCUT2D eigenvalue weighted by atomic mass is 16.5. The zero-order valence-electron chi connectivity index (χ0n) is 11.8. The molecule has 3 rings (SSSR count). The SMILES string of the molecule is COc1ccc(-n2nc(C(=O)O)nc2-c2cn(C)cn2)cn1. The third-order valence-corrected chi connectivity index (χ3v) is 2.91. The summed E-state index contributed by atoms with van der Waals surface area (Å²) in [6.45, 7) is 0. The van der Waals surface area contributed by atoms with Crippen molar-refractivity contribution in [3.8, 4) is 23.1 Å². The molecule has 0 aromatic carbocycles. The van der Waals surface area contributed by atoms with E-state index in [9.17, 15) is 4.79 Å². The Balaban J connectivity index is 2.14. The van der Waals surface area contributed by atoms with Gasteiger partial charge in [0, 0.05) is 19.3 Å². The van der Waals surface area contributed by atoms with Crippen molar-refractivity contribution < 1.29 is 14.6 Å². The molecule has 1 N–H and O–H groups in total. The second kappa shape index (κ2) is 5.28. The molecule has 0 atom stereocenters. The standard InChI is InChI=1S/C13H12N6O3/c1-18-6-9(15-7-18)12-16-11(13(20)21)17-19(12)8-3-4-10(22-2)14-5-8/h3-7H,1-2H3,(H,20,21). The van der Waals surface area contributed by atoms with Gasteiger partial charge in [-0.1, -0.05) is 0 Å². The molecule has 3 heterocycles. The van der Waals surface area contributed by atoms with E-state index in [0.29, 0.717) is 23.1 Å². The molecule has 9 heteroatoms. The smallest absolute Gasteiger partial charge is 0.375 e. The Hall–Kier alpha value is -3.23. The minimum Gasteiger partial charge on any atom is -0.481 e. The molecule has 0 radical (unpaired) electrons. The summed E-state index contributed by atoms with van der Waals surface area (Å²) in [4.78, 5) is 23.4. The first-order chi connectivity index (χ1) is 10.6. The van der Waals surface area contributed by atoms with E-state index in [1.807, 2.05) is 7.05 Å². The van der Waals surface area contributed by atoms with E-state index in [0.717, 1.165) is 0 Å². The van der Waals surface area contributed by atoms with Crippen LogP contribution >= 0.6 is 0 Å². The number of carboxylic acids is 1. The van der Waals surface area contributed by atoms with E-state index in [-0.39, 0.29) is 5.82 Å². The number of methoxy groups -OCH3 is 1. The average molecular weight is 300 g/mol. The average Bonchev–Trinajstić information content (AvgIpc) is 3.13. The highest BCUT2D eigenvalue weighted by Crippen LogP contribution is 2.20. The van der Waals surface area contributed by atoms with Gasteiger partial charge in [0.2, 0.25) is 5.88 Å². The summed E-state index contributed by atoms with van der Waals surface area (Å²) in [5.41, 5.74) is 1.07. The van der Waals surface area contributed by atoms with Gasteiger partial charge in [0.05, 0.1) is 25.3 Å². The maximum atomic E-state index is 11.1. The van der Waals surface area contributed by atoms with Crippen LogP contribution < -0.4 is 4.74 Å². The van der Waals surface area contributed by atoms with Crippen LogP contribution in [0.3, 0.4) is 0 Å². The fourth-order valence-corrected chi connectivity index (χ4v) is 1.90. The van der Waals surface area contributed by atoms with Crippen LogP contribution in [-0.2, 0) is 7.05 Å². The van der Waals surface area contributed by atoms with Gasteiger partial charge in [-0.2, -0.15) is 4.98 Å². The largest absolute Gasteiger partial charge is 0.481 e. The van der Waals surface area contributed by atoms with Gasteiger partial charge in [0.25, 0.3) is 5.82 Å². The predicted octanol–water partition coefficient (Wildman–Crippen LogP) is 0.770. The molecule has 3 aromatic rings. The first kappa shape index (κ1) is 13.7. The van der Waals surface area contributed by atoms with Gasteiger partial charge in [-0.3, -0.25) is 0 Å². The van der Waals surface area contributed by atoms with Crippen LogP contribution in [0.25, 0.3) is 17.2 Å². The number of nitrogens with zero attached hydrogens (tertiary/aromatic N) is 6. The van der Waals surface area contributed by atoms with Crippen LogP contribution in [-0.4, -0.2) is 47.5 Å². The topological polar surface area (TPSA) is 108 Å². The minimum atomic E-state index is -1.21. The summed E-state index contributed by atoms with van der Waals surface area (Å²) in [5.74, 6) is -0.749. The Morgan fingerprint density at radius 2 is 2.14 bits per heavy atom. The van der Waals surface area contributed by atoms with Crippen molar-refractivity contribution in [1.29, 1.82) is 0 Å². The van der Waals surface area contributed by atoms with Gasteiger partial charge in [-0.15, -0.1) is 5.10 Å². The fraction of sp³-hybridized carbons (Fsp3) is 0.154. The molecule has 0 aliphatic heterocycles. The van der Waals surface area contributed by atoms with Crippen LogP contribution in [0.15, 0.2) is 30.9 Å². The number of imidazole rings is 1. The number of aromatic carboxylic acids is 1. The molecule has 0 aliphatic rings. The summed E-state index contributed by atoms with van der Waals surface area (Å²) in [6.07, 6.45) is 4.84. The second-order valence-electron chi connectivity index (χ2n) is 4.46. The van der Waals surface area contributed by atoms with Crippen molar-refractivity contribution in [2.45, 2.75) is 0 Å². The Bertz CT molecular complexity index is 821. The number of hydrogen-bond donors (Lipinski definition) is 1. The molecular formula is C13H12N6O3. The Morgan fingerprint density at radius 3 is 2.68 bits per heavy atom. The third-order valence-electron chi connectivity index (χ3n) is 2.91. The molecule has 0 fully saturated rings. The first-order valence-electron chi connectivity index (χ1n) is 6.27. The van der Waals surface area contributed by atoms with Crippen molar-refractivity contribution in [2.75, 3.05) is 7.11 Å². The van der Waals surface area contributed by atoms with Gasteiger partial charge >= 0.3 is 5.97 Å². The Morgan fingerprint density at radius 1 is 1.32 bits per heavy atom. The molecule has 0 unspecified atom stereocenters. The number of aryl methyl sites for hydroxylation is 1. The maximum absolute atomic E-state index is 11.1. The summed E-state index contributed by atoms with van der Waals surface area (Å²) in [6, 6.07) is 3.36. The van der Waals surface area contributed by atoms with Gasteiger partial charge in [0.1, 0.15) is 5.69 Å². The lowest BCUT2D eigenvalue weighted by atomic mass is 10.4. The lowest BCUT2D eigenvalue weighted by Gasteiger charge is -2.04. The molecule has 0 saturated heterocycles. The summed E-state index contributed by atoms with van der Waals surface area (Å²) in [5, 5.41) is 13.1. The molecule has 3 aromatic heterocycles.